The van der Waals surface area contributed by atoms with E-state index in [1.165, 1.54) is 5.39 Å². The van der Waals surface area contributed by atoms with Gasteiger partial charge in [0.25, 0.3) is 0 Å². The van der Waals surface area contributed by atoms with E-state index in [2.05, 4.69) is 56.3 Å². The maximum absolute atomic E-state index is 4.62. The Morgan fingerprint density at radius 3 is 1.35 bits per heavy atom. The Morgan fingerprint density at radius 1 is 0.354 bits per heavy atom. The Kier molecular flexibility index (Phi) is 14.3. The molecule has 0 aliphatic carbocycles. The number of benzene rings is 4. The molecule has 4 nitrogen and oxygen atoms in total. The van der Waals surface area contributed by atoms with Crippen LogP contribution in [0.5, 0.6) is 0 Å². The molecule has 0 amide bonds. The van der Waals surface area contributed by atoms with E-state index in [0.29, 0.717) is 0 Å². The van der Waals surface area contributed by atoms with Gasteiger partial charge in [0.05, 0.1) is 11.4 Å². The standard InChI is InChI=1S/2C16H11N2.C10H6.2Pt/c1-3-10-17-15(8-1)13-6-5-7-14(12-13)16-9-2-4-11-18-16;1-2-7-13(8-3-1)14-10-6-11-16(18-14)15-9-4-5-12-17-15;1-2-6-10-8-4-3-7-9(10)5-1;;/h1-11H;1-7,9-12H;1-5,7H;;/q2*-1;-2;2*+2. The summed E-state index contributed by atoms with van der Waals surface area (Å²) in [5, 5.41) is 2.26. The van der Waals surface area contributed by atoms with Gasteiger partial charge >= 0.3 is 42.1 Å². The predicted molar refractivity (Wildman–Crippen MR) is 185 cm³/mol. The second-order valence-electron chi connectivity index (χ2n) is 9.98. The van der Waals surface area contributed by atoms with Crippen LogP contribution in [0.3, 0.4) is 0 Å². The van der Waals surface area contributed by atoms with Crippen LogP contribution in [0.15, 0.2) is 170 Å². The predicted octanol–water partition coefficient (Wildman–Crippen LogP) is 9.66. The van der Waals surface area contributed by atoms with Crippen LogP contribution >= 0.6 is 0 Å². The molecule has 8 aromatic rings. The first kappa shape index (κ1) is 36.0. The number of pyridine rings is 4. The molecule has 0 fully saturated rings. The van der Waals surface area contributed by atoms with Gasteiger partial charge in [0, 0.05) is 30.0 Å². The molecule has 4 aromatic heterocycles. The van der Waals surface area contributed by atoms with Crippen molar-refractivity contribution in [3.05, 3.63) is 195 Å². The molecule has 0 bridgehead atoms. The Bertz CT molecular complexity index is 1800. The number of nitrogens with zero attached hydrogens (tertiary/aromatic N) is 4. The van der Waals surface area contributed by atoms with Crippen molar-refractivity contribution in [1.29, 1.82) is 0 Å². The molecule has 6 heteroatoms. The second-order valence-corrected chi connectivity index (χ2v) is 9.98. The molecule has 4 aromatic carbocycles. The van der Waals surface area contributed by atoms with Crippen LogP contribution in [0.4, 0.5) is 0 Å². The number of rotatable bonds is 4. The van der Waals surface area contributed by atoms with Gasteiger partial charge < -0.3 is 0 Å². The first-order valence-corrected chi connectivity index (χ1v) is 14.8. The van der Waals surface area contributed by atoms with Crippen molar-refractivity contribution in [3.63, 3.8) is 0 Å². The zero-order chi connectivity index (χ0) is 31.2. The summed E-state index contributed by atoms with van der Waals surface area (Å²) in [5.41, 5.74) is 7.50. The van der Waals surface area contributed by atoms with Gasteiger partial charge in [-0.2, -0.15) is 6.07 Å². The molecule has 0 saturated heterocycles. The molecule has 0 aliphatic heterocycles. The van der Waals surface area contributed by atoms with Crippen molar-refractivity contribution in [2.75, 3.05) is 0 Å². The van der Waals surface area contributed by atoms with Crippen LogP contribution in [0.1, 0.15) is 0 Å². The van der Waals surface area contributed by atoms with Crippen LogP contribution < -0.4 is 0 Å². The summed E-state index contributed by atoms with van der Waals surface area (Å²) in [7, 11) is 0. The third kappa shape index (κ3) is 10.1. The molecule has 0 atom stereocenters. The van der Waals surface area contributed by atoms with Crippen LogP contribution in [-0.2, 0) is 42.1 Å². The summed E-state index contributed by atoms with van der Waals surface area (Å²) in [6, 6.07) is 62.0. The van der Waals surface area contributed by atoms with Crippen molar-refractivity contribution in [1.82, 2.24) is 19.9 Å². The van der Waals surface area contributed by atoms with Crippen LogP contribution in [-0.4, -0.2) is 19.9 Å². The van der Waals surface area contributed by atoms with Gasteiger partial charge in [-0.1, -0.05) is 59.7 Å². The molecule has 0 saturated carbocycles. The second kappa shape index (κ2) is 19.1. The van der Waals surface area contributed by atoms with E-state index in [9.17, 15) is 0 Å². The normalized spacial score (nSPS) is 9.75. The van der Waals surface area contributed by atoms with E-state index in [0.717, 1.165) is 50.5 Å². The minimum Gasteiger partial charge on any atom is -0.295 e. The molecule has 0 spiro atoms. The Balaban J connectivity index is 0.000000166. The average Bonchev–Trinajstić information content (AvgIpc) is 3.17. The van der Waals surface area contributed by atoms with Gasteiger partial charge in [-0.05, 0) is 36.0 Å². The molecule has 4 heterocycles. The quantitative estimate of drug-likeness (QED) is 0.165. The van der Waals surface area contributed by atoms with Gasteiger partial charge in [-0.25, -0.2) is 23.6 Å². The van der Waals surface area contributed by atoms with E-state index >= 15 is 0 Å². The summed E-state index contributed by atoms with van der Waals surface area (Å²) >= 11 is 0. The molecule has 0 unspecified atom stereocenters. The summed E-state index contributed by atoms with van der Waals surface area (Å²) in [6.07, 6.45) is 5.35. The SMILES string of the molecule is [Pt+2].[Pt+2].[c-]1c(-c2ccccn2)cccc1-c1ccccn1.[c-]1cccc2ccc[c-]c12.[c-]1ccccc1-c1cccc(-c2ccccn2)n1. The van der Waals surface area contributed by atoms with Crippen LogP contribution in [0.25, 0.3) is 55.9 Å². The topological polar surface area (TPSA) is 51.6 Å². The minimum absolute atomic E-state index is 0. The molecule has 0 N–H and O–H groups in total. The van der Waals surface area contributed by atoms with Crippen molar-refractivity contribution < 1.29 is 42.1 Å². The molecule has 8 rings (SSSR count). The van der Waals surface area contributed by atoms with Gasteiger partial charge in [-0.15, -0.1) is 66.2 Å². The van der Waals surface area contributed by atoms with E-state index in [1.807, 2.05) is 140 Å². The summed E-state index contributed by atoms with van der Waals surface area (Å²) in [5.74, 6) is 0. The molecule has 0 radical (unpaired) electrons. The van der Waals surface area contributed by atoms with Crippen molar-refractivity contribution in [3.8, 4) is 45.2 Å². The first-order chi connectivity index (χ1) is 22.8. The van der Waals surface area contributed by atoms with Crippen LogP contribution in [0, 0.1) is 24.3 Å². The average molecular weight is 979 g/mol. The fraction of sp³-hybridized carbons (Fsp3) is 0. The molecule has 236 valence electrons. The smallest absolute Gasteiger partial charge is 0.295 e. The monoisotopic (exact) mass is 978 g/mol. The molecular weight excluding hydrogens is 951 g/mol. The fourth-order valence-corrected chi connectivity index (χ4v) is 4.60. The third-order valence-corrected chi connectivity index (χ3v) is 6.83. The van der Waals surface area contributed by atoms with Crippen molar-refractivity contribution in [2.45, 2.75) is 0 Å². The zero-order valence-electron chi connectivity index (χ0n) is 25.6. The Hall–Kier alpha value is -4.88. The molecular formula is C42H28N4Pt2. The number of hydrogen-bond donors (Lipinski definition) is 0. The Morgan fingerprint density at radius 2 is 0.833 bits per heavy atom. The van der Waals surface area contributed by atoms with E-state index in [4.69, 9.17) is 0 Å². The fourth-order valence-electron chi connectivity index (χ4n) is 4.60. The van der Waals surface area contributed by atoms with Gasteiger partial charge in [0.1, 0.15) is 0 Å². The number of aromatic nitrogens is 4. The largest absolute Gasteiger partial charge is 2.00 e. The summed E-state index contributed by atoms with van der Waals surface area (Å²) in [4.78, 5) is 17.6. The van der Waals surface area contributed by atoms with E-state index < -0.39 is 0 Å². The zero-order valence-corrected chi connectivity index (χ0v) is 30.1. The molecule has 0 aliphatic rings. The van der Waals surface area contributed by atoms with Crippen LogP contribution in [0.2, 0.25) is 0 Å². The summed E-state index contributed by atoms with van der Waals surface area (Å²) in [6.45, 7) is 0. The van der Waals surface area contributed by atoms with Crippen molar-refractivity contribution in [2.24, 2.45) is 0 Å². The maximum Gasteiger partial charge on any atom is 2.00 e. The maximum atomic E-state index is 4.62. The minimum atomic E-state index is 0. The summed E-state index contributed by atoms with van der Waals surface area (Å²) < 4.78 is 0. The number of fused-ring (bicyclic) bond motifs is 1. The van der Waals surface area contributed by atoms with E-state index in [1.54, 1.807) is 18.6 Å². The van der Waals surface area contributed by atoms with Gasteiger partial charge in [0.15, 0.2) is 0 Å². The van der Waals surface area contributed by atoms with Gasteiger partial charge in [0.2, 0.25) is 0 Å². The van der Waals surface area contributed by atoms with E-state index in [-0.39, 0.29) is 42.1 Å². The van der Waals surface area contributed by atoms with Crippen molar-refractivity contribution >= 4 is 10.8 Å². The third-order valence-electron chi connectivity index (χ3n) is 6.83. The number of hydrogen-bond acceptors (Lipinski definition) is 4. The first-order valence-electron chi connectivity index (χ1n) is 14.8. The van der Waals surface area contributed by atoms with Gasteiger partial charge in [-0.3, -0.25) is 37.5 Å². The Labute approximate surface area is 310 Å². The molecule has 48 heavy (non-hydrogen) atoms.